The standard InChI is InChI=1S/C10H15NO2S/c1-7(2)13-10(12)11-4-9-6-14-5-8(9)3/h5-7H,4H2,1-3H3,(H,11,12). The molecule has 0 atom stereocenters. The molecular formula is C10H15NO2S. The van der Waals surface area contributed by atoms with Crippen molar-refractivity contribution in [2.24, 2.45) is 0 Å². The van der Waals surface area contributed by atoms with E-state index in [-0.39, 0.29) is 12.2 Å². The number of amides is 1. The molecule has 4 heteroatoms. The molecule has 0 saturated heterocycles. The fourth-order valence-corrected chi connectivity index (χ4v) is 1.85. The highest BCUT2D eigenvalue weighted by Gasteiger charge is 2.05. The molecule has 3 nitrogen and oxygen atoms in total. The Morgan fingerprint density at radius 3 is 2.79 bits per heavy atom. The van der Waals surface area contributed by atoms with Crippen LogP contribution in [0.3, 0.4) is 0 Å². The van der Waals surface area contributed by atoms with E-state index in [2.05, 4.69) is 10.7 Å². The molecule has 0 aliphatic rings. The third kappa shape index (κ3) is 3.38. The first-order valence-corrected chi connectivity index (χ1v) is 5.50. The number of hydrogen-bond donors (Lipinski definition) is 1. The maximum absolute atomic E-state index is 11.1. The Kier molecular flexibility index (Phi) is 3.95. The minimum Gasteiger partial charge on any atom is -0.447 e. The van der Waals surface area contributed by atoms with Gasteiger partial charge in [0.1, 0.15) is 0 Å². The van der Waals surface area contributed by atoms with E-state index in [0.29, 0.717) is 6.54 Å². The van der Waals surface area contributed by atoms with Gasteiger partial charge in [-0.05, 0) is 42.7 Å². The van der Waals surface area contributed by atoms with E-state index in [1.165, 1.54) is 5.56 Å². The van der Waals surface area contributed by atoms with Crippen LogP contribution in [0.15, 0.2) is 10.8 Å². The summed E-state index contributed by atoms with van der Waals surface area (Å²) in [6.07, 6.45) is -0.427. The van der Waals surface area contributed by atoms with Gasteiger partial charge in [0, 0.05) is 6.54 Å². The van der Waals surface area contributed by atoms with Gasteiger partial charge in [-0.1, -0.05) is 0 Å². The van der Waals surface area contributed by atoms with Gasteiger partial charge in [-0.3, -0.25) is 0 Å². The molecule has 0 saturated carbocycles. The molecule has 78 valence electrons. The predicted octanol–water partition coefficient (Wildman–Crippen LogP) is 2.69. The molecule has 0 aliphatic carbocycles. The van der Waals surface area contributed by atoms with Gasteiger partial charge >= 0.3 is 6.09 Å². The molecule has 1 aromatic heterocycles. The highest BCUT2D eigenvalue weighted by Crippen LogP contribution is 2.12. The van der Waals surface area contributed by atoms with E-state index in [1.807, 2.05) is 26.2 Å². The van der Waals surface area contributed by atoms with Crippen LogP contribution >= 0.6 is 11.3 Å². The van der Waals surface area contributed by atoms with Crippen LogP contribution in [0.5, 0.6) is 0 Å². The maximum Gasteiger partial charge on any atom is 0.407 e. The summed E-state index contributed by atoms with van der Waals surface area (Å²) in [5, 5.41) is 6.80. The summed E-state index contributed by atoms with van der Waals surface area (Å²) in [5.41, 5.74) is 2.36. The largest absolute Gasteiger partial charge is 0.447 e. The van der Waals surface area contributed by atoms with E-state index in [9.17, 15) is 4.79 Å². The molecule has 0 bridgehead atoms. The second-order valence-electron chi connectivity index (χ2n) is 3.39. The third-order valence-electron chi connectivity index (χ3n) is 1.73. The molecule has 0 unspecified atom stereocenters. The molecule has 1 aromatic rings. The highest BCUT2D eigenvalue weighted by atomic mass is 32.1. The monoisotopic (exact) mass is 213 g/mol. The predicted molar refractivity (Wildman–Crippen MR) is 57.5 cm³/mol. The van der Waals surface area contributed by atoms with Crippen molar-refractivity contribution in [3.05, 3.63) is 21.9 Å². The van der Waals surface area contributed by atoms with E-state index >= 15 is 0 Å². The van der Waals surface area contributed by atoms with Crippen LogP contribution in [0.2, 0.25) is 0 Å². The van der Waals surface area contributed by atoms with Crippen molar-refractivity contribution in [2.45, 2.75) is 33.4 Å². The van der Waals surface area contributed by atoms with Crippen LogP contribution in [0, 0.1) is 6.92 Å². The van der Waals surface area contributed by atoms with E-state index in [1.54, 1.807) is 11.3 Å². The summed E-state index contributed by atoms with van der Waals surface area (Å²) in [5.74, 6) is 0. The smallest absolute Gasteiger partial charge is 0.407 e. The molecule has 1 heterocycles. The maximum atomic E-state index is 11.1. The van der Waals surface area contributed by atoms with Gasteiger partial charge in [0.2, 0.25) is 0 Å². The Hall–Kier alpha value is -1.03. The minimum atomic E-state index is -0.356. The summed E-state index contributed by atoms with van der Waals surface area (Å²) < 4.78 is 4.94. The number of ether oxygens (including phenoxy) is 1. The number of hydrogen-bond acceptors (Lipinski definition) is 3. The average molecular weight is 213 g/mol. The molecule has 0 spiro atoms. The molecule has 1 rings (SSSR count). The molecule has 14 heavy (non-hydrogen) atoms. The summed E-state index contributed by atoms with van der Waals surface area (Å²) in [7, 11) is 0. The normalized spacial score (nSPS) is 10.3. The van der Waals surface area contributed by atoms with Gasteiger partial charge in [0.15, 0.2) is 0 Å². The molecular weight excluding hydrogens is 198 g/mol. The zero-order valence-electron chi connectivity index (χ0n) is 8.66. The Labute approximate surface area is 88.1 Å². The van der Waals surface area contributed by atoms with Crippen molar-refractivity contribution < 1.29 is 9.53 Å². The van der Waals surface area contributed by atoms with Crippen LogP contribution in [0.25, 0.3) is 0 Å². The summed E-state index contributed by atoms with van der Waals surface area (Å²) in [6.45, 7) is 6.23. The van der Waals surface area contributed by atoms with Crippen molar-refractivity contribution >= 4 is 17.4 Å². The van der Waals surface area contributed by atoms with E-state index < -0.39 is 0 Å². The van der Waals surface area contributed by atoms with Crippen molar-refractivity contribution in [1.82, 2.24) is 5.32 Å². The van der Waals surface area contributed by atoms with Crippen LogP contribution in [-0.4, -0.2) is 12.2 Å². The number of alkyl carbamates (subject to hydrolysis) is 1. The van der Waals surface area contributed by atoms with Crippen LogP contribution in [0.1, 0.15) is 25.0 Å². The zero-order chi connectivity index (χ0) is 10.6. The number of carbonyl (C=O) groups excluding carboxylic acids is 1. The highest BCUT2D eigenvalue weighted by molar-refractivity contribution is 7.08. The van der Waals surface area contributed by atoms with Crippen LogP contribution < -0.4 is 5.32 Å². The molecule has 0 aliphatic heterocycles. The second kappa shape index (κ2) is 5.00. The minimum absolute atomic E-state index is 0.0708. The quantitative estimate of drug-likeness (QED) is 0.838. The second-order valence-corrected chi connectivity index (χ2v) is 4.13. The summed E-state index contributed by atoms with van der Waals surface area (Å²) in [4.78, 5) is 11.1. The fourth-order valence-electron chi connectivity index (χ4n) is 0.991. The van der Waals surface area contributed by atoms with E-state index in [0.717, 1.165) is 5.56 Å². The Balaban J connectivity index is 2.34. The van der Waals surface area contributed by atoms with Gasteiger partial charge in [0.25, 0.3) is 0 Å². The first-order valence-electron chi connectivity index (χ1n) is 4.55. The Morgan fingerprint density at radius 1 is 1.57 bits per heavy atom. The fraction of sp³-hybridized carbons (Fsp3) is 0.500. The number of thiophene rings is 1. The van der Waals surface area contributed by atoms with Crippen molar-refractivity contribution in [2.75, 3.05) is 0 Å². The van der Waals surface area contributed by atoms with Crippen molar-refractivity contribution in [1.29, 1.82) is 0 Å². The number of rotatable bonds is 3. The van der Waals surface area contributed by atoms with Crippen LogP contribution in [0.4, 0.5) is 4.79 Å². The van der Waals surface area contributed by atoms with Gasteiger partial charge < -0.3 is 10.1 Å². The first-order chi connectivity index (χ1) is 6.59. The lowest BCUT2D eigenvalue weighted by Crippen LogP contribution is -2.26. The van der Waals surface area contributed by atoms with Gasteiger partial charge in [0.05, 0.1) is 6.10 Å². The first kappa shape index (κ1) is 11.0. The number of aryl methyl sites for hydroxylation is 1. The summed E-state index contributed by atoms with van der Waals surface area (Å²) in [6, 6.07) is 0. The molecule has 0 aromatic carbocycles. The lowest BCUT2D eigenvalue weighted by atomic mass is 10.2. The summed E-state index contributed by atoms with van der Waals surface area (Å²) >= 11 is 1.64. The lowest BCUT2D eigenvalue weighted by Gasteiger charge is -2.09. The van der Waals surface area contributed by atoms with Gasteiger partial charge in [-0.15, -0.1) is 0 Å². The van der Waals surface area contributed by atoms with E-state index in [4.69, 9.17) is 4.74 Å². The number of nitrogens with one attached hydrogen (secondary N) is 1. The molecule has 1 amide bonds. The van der Waals surface area contributed by atoms with Crippen LogP contribution in [-0.2, 0) is 11.3 Å². The van der Waals surface area contributed by atoms with Crippen molar-refractivity contribution in [3.8, 4) is 0 Å². The SMILES string of the molecule is Cc1cscc1CNC(=O)OC(C)C. The molecule has 1 N–H and O–H groups in total. The zero-order valence-corrected chi connectivity index (χ0v) is 9.48. The average Bonchev–Trinajstić information content (AvgIpc) is 2.46. The van der Waals surface area contributed by atoms with Gasteiger partial charge in [-0.2, -0.15) is 11.3 Å². The topological polar surface area (TPSA) is 38.3 Å². The van der Waals surface area contributed by atoms with Gasteiger partial charge in [-0.25, -0.2) is 4.79 Å². The third-order valence-corrected chi connectivity index (χ3v) is 2.64. The Bertz CT molecular complexity index is 307. The lowest BCUT2D eigenvalue weighted by molar-refractivity contribution is 0.115. The number of carbonyl (C=O) groups is 1. The van der Waals surface area contributed by atoms with Crippen molar-refractivity contribution in [3.63, 3.8) is 0 Å². The molecule has 0 fully saturated rings. The Morgan fingerprint density at radius 2 is 2.29 bits per heavy atom. The molecule has 0 radical (unpaired) electrons.